The van der Waals surface area contributed by atoms with Crippen LogP contribution in [0.5, 0.6) is 0 Å². The van der Waals surface area contributed by atoms with Crippen LogP contribution in [-0.4, -0.2) is 14.8 Å². The highest BCUT2D eigenvalue weighted by atomic mass is 79.9. The maximum Gasteiger partial charge on any atom is 0.137 e. The van der Waals surface area contributed by atoms with Crippen molar-refractivity contribution in [2.24, 2.45) is 7.05 Å². The van der Waals surface area contributed by atoms with E-state index in [9.17, 15) is 0 Å². The number of benzene rings is 1. The summed E-state index contributed by atoms with van der Waals surface area (Å²) < 4.78 is 3.11. The molecule has 1 heterocycles. The summed E-state index contributed by atoms with van der Waals surface area (Å²) in [6.07, 6.45) is 0.816. The molecule has 1 aromatic heterocycles. The highest BCUT2D eigenvalue weighted by Gasteiger charge is 2.05. The van der Waals surface area contributed by atoms with Gasteiger partial charge in [0.2, 0.25) is 0 Å². The van der Waals surface area contributed by atoms with Gasteiger partial charge < -0.3 is 4.57 Å². The van der Waals surface area contributed by atoms with E-state index < -0.39 is 0 Å². The lowest BCUT2D eigenvalue weighted by Crippen LogP contribution is -2.00. The van der Waals surface area contributed by atoms with Gasteiger partial charge in [0, 0.05) is 17.9 Å². The van der Waals surface area contributed by atoms with Crippen LogP contribution in [0.2, 0.25) is 0 Å². The number of aromatic nitrogens is 3. The summed E-state index contributed by atoms with van der Waals surface area (Å²) in [6, 6.07) is 8.24. The predicted molar refractivity (Wildman–Crippen MR) is 62.7 cm³/mol. The summed E-state index contributed by atoms with van der Waals surface area (Å²) in [5.74, 6) is 1.94. The van der Waals surface area contributed by atoms with Gasteiger partial charge in [0.25, 0.3) is 0 Å². The Hall–Kier alpha value is -1.16. The first-order valence-electron chi connectivity index (χ1n) is 4.76. The molecular weight excluding hydrogens is 254 g/mol. The first-order valence-corrected chi connectivity index (χ1v) is 5.55. The third kappa shape index (κ3) is 2.26. The van der Waals surface area contributed by atoms with E-state index in [-0.39, 0.29) is 0 Å². The fraction of sp³-hybridized carbons (Fsp3) is 0.273. The van der Waals surface area contributed by atoms with E-state index in [1.54, 1.807) is 0 Å². The number of hydrogen-bond acceptors (Lipinski definition) is 2. The summed E-state index contributed by atoms with van der Waals surface area (Å²) >= 11 is 3.46. The second-order valence-electron chi connectivity index (χ2n) is 3.53. The minimum absolute atomic E-state index is 0.816. The van der Waals surface area contributed by atoms with E-state index in [2.05, 4.69) is 38.3 Å². The van der Waals surface area contributed by atoms with E-state index in [4.69, 9.17) is 0 Å². The summed E-state index contributed by atoms with van der Waals surface area (Å²) in [5, 5.41) is 8.17. The Morgan fingerprint density at radius 3 is 2.73 bits per heavy atom. The molecule has 0 unspecified atom stereocenters. The number of hydrogen-bond donors (Lipinski definition) is 0. The zero-order chi connectivity index (χ0) is 10.8. The van der Waals surface area contributed by atoms with Crippen molar-refractivity contribution in [1.29, 1.82) is 0 Å². The van der Waals surface area contributed by atoms with Gasteiger partial charge in [0.15, 0.2) is 0 Å². The fourth-order valence-corrected chi connectivity index (χ4v) is 1.88. The molecule has 0 aliphatic carbocycles. The van der Waals surface area contributed by atoms with Crippen LogP contribution in [0.1, 0.15) is 17.2 Å². The van der Waals surface area contributed by atoms with Crippen molar-refractivity contribution >= 4 is 15.9 Å². The van der Waals surface area contributed by atoms with Crippen LogP contribution in [-0.2, 0) is 13.5 Å². The van der Waals surface area contributed by atoms with Gasteiger partial charge in [-0.3, -0.25) is 0 Å². The maximum absolute atomic E-state index is 4.14. The van der Waals surface area contributed by atoms with Crippen molar-refractivity contribution in [3.8, 4) is 0 Å². The first kappa shape index (κ1) is 10.4. The molecule has 0 aliphatic rings. The Morgan fingerprint density at radius 2 is 2.13 bits per heavy atom. The van der Waals surface area contributed by atoms with Crippen molar-refractivity contribution in [2.45, 2.75) is 13.3 Å². The van der Waals surface area contributed by atoms with E-state index >= 15 is 0 Å². The Morgan fingerprint density at radius 1 is 1.33 bits per heavy atom. The molecule has 0 N–H and O–H groups in total. The predicted octanol–water partition coefficient (Wildman–Crippen LogP) is 2.48. The molecule has 3 nitrogen and oxygen atoms in total. The largest absolute Gasteiger partial charge is 0.318 e. The molecule has 0 saturated heterocycles. The zero-order valence-electron chi connectivity index (χ0n) is 8.74. The van der Waals surface area contributed by atoms with E-state index in [0.29, 0.717) is 0 Å². The van der Waals surface area contributed by atoms with Crippen molar-refractivity contribution in [2.75, 3.05) is 0 Å². The van der Waals surface area contributed by atoms with Gasteiger partial charge in [0.05, 0.1) is 0 Å². The number of rotatable bonds is 2. The molecule has 0 saturated carbocycles. The maximum atomic E-state index is 4.14. The molecule has 15 heavy (non-hydrogen) atoms. The second kappa shape index (κ2) is 4.14. The first-order chi connectivity index (χ1) is 7.16. The molecule has 1 aromatic carbocycles. The molecule has 78 valence electrons. The van der Waals surface area contributed by atoms with Crippen molar-refractivity contribution in [1.82, 2.24) is 14.8 Å². The molecule has 0 aliphatic heterocycles. The molecule has 0 atom stereocenters. The third-order valence-corrected chi connectivity index (χ3v) is 2.93. The van der Waals surface area contributed by atoms with Gasteiger partial charge in [-0.05, 0) is 24.6 Å². The summed E-state index contributed by atoms with van der Waals surface area (Å²) in [5.41, 5.74) is 1.24. The van der Waals surface area contributed by atoms with Crippen LogP contribution in [0.3, 0.4) is 0 Å². The van der Waals surface area contributed by atoms with Gasteiger partial charge in [-0.2, -0.15) is 0 Å². The highest BCUT2D eigenvalue weighted by Crippen LogP contribution is 2.14. The van der Waals surface area contributed by atoms with Crippen molar-refractivity contribution in [3.05, 3.63) is 46.0 Å². The molecular formula is C11H12BrN3. The van der Waals surface area contributed by atoms with Gasteiger partial charge >= 0.3 is 0 Å². The standard InChI is InChI=1S/C11H12BrN3/c1-8-13-14-11(15(8)2)7-9-4-3-5-10(12)6-9/h3-6H,7H2,1-2H3. The smallest absolute Gasteiger partial charge is 0.137 e. The molecule has 0 fully saturated rings. The average molecular weight is 266 g/mol. The molecule has 0 bridgehead atoms. The van der Waals surface area contributed by atoms with Crippen LogP contribution in [0.4, 0.5) is 0 Å². The lowest BCUT2D eigenvalue weighted by molar-refractivity contribution is 0.796. The van der Waals surface area contributed by atoms with Crippen LogP contribution in [0.25, 0.3) is 0 Å². The molecule has 0 radical (unpaired) electrons. The molecule has 2 aromatic rings. The SMILES string of the molecule is Cc1nnc(Cc2cccc(Br)c2)n1C. The topological polar surface area (TPSA) is 30.7 Å². The van der Waals surface area contributed by atoms with E-state index in [1.165, 1.54) is 5.56 Å². The third-order valence-electron chi connectivity index (χ3n) is 2.43. The Kier molecular flexibility index (Phi) is 2.86. The van der Waals surface area contributed by atoms with E-state index in [1.807, 2.05) is 30.7 Å². The summed E-state index contributed by atoms with van der Waals surface area (Å²) in [6.45, 7) is 1.96. The second-order valence-corrected chi connectivity index (χ2v) is 4.44. The van der Waals surface area contributed by atoms with Crippen LogP contribution in [0.15, 0.2) is 28.7 Å². The minimum Gasteiger partial charge on any atom is -0.318 e. The fourth-order valence-electron chi connectivity index (χ4n) is 1.43. The average Bonchev–Trinajstić information content (AvgIpc) is 2.50. The van der Waals surface area contributed by atoms with Gasteiger partial charge in [0.1, 0.15) is 11.6 Å². The van der Waals surface area contributed by atoms with Crippen LogP contribution in [0, 0.1) is 6.92 Å². The summed E-state index contributed by atoms with van der Waals surface area (Å²) in [7, 11) is 1.99. The molecule has 4 heteroatoms. The molecule has 0 spiro atoms. The lowest BCUT2D eigenvalue weighted by atomic mass is 10.1. The van der Waals surface area contributed by atoms with E-state index in [0.717, 1.165) is 22.5 Å². The number of nitrogens with zero attached hydrogens (tertiary/aromatic N) is 3. The number of halogens is 1. The zero-order valence-corrected chi connectivity index (χ0v) is 10.3. The van der Waals surface area contributed by atoms with Crippen LogP contribution >= 0.6 is 15.9 Å². The Bertz CT molecular complexity index is 476. The van der Waals surface area contributed by atoms with Gasteiger partial charge in [-0.1, -0.05) is 28.1 Å². The van der Waals surface area contributed by atoms with Crippen LogP contribution < -0.4 is 0 Å². The Balaban J connectivity index is 2.26. The van der Waals surface area contributed by atoms with Crippen molar-refractivity contribution in [3.63, 3.8) is 0 Å². The monoisotopic (exact) mass is 265 g/mol. The number of aryl methyl sites for hydroxylation is 1. The van der Waals surface area contributed by atoms with Gasteiger partial charge in [-0.25, -0.2) is 0 Å². The molecule has 2 rings (SSSR count). The quantitative estimate of drug-likeness (QED) is 0.836. The molecule has 0 amide bonds. The van der Waals surface area contributed by atoms with Crippen molar-refractivity contribution < 1.29 is 0 Å². The minimum atomic E-state index is 0.816. The Labute approximate surface area is 97.3 Å². The summed E-state index contributed by atoms with van der Waals surface area (Å²) in [4.78, 5) is 0. The van der Waals surface area contributed by atoms with Gasteiger partial charge in [-0.15, -0.1) is 10.2 Å². The normalized spacial score (nSPS) is 10.6. The lowest BCUT2D eigenvalue weighted by Gasteiger charge is -2.02. The highest BCUT2D eigenvalue weighted by molar-refractivity contribution is 9.10.